The summed E-state index contributed by atoms with van der Waals surface area (Å²) >= 11 is 0. The topological polar surface area (TPSA) is 127 Å². The van der Waals surface area contributed by atoms with Crippen molar-refractivity contribution in [3.05, 3.63) is 83.0 Å². The zero-order chi connectivity index (χ0) is 26.2. The Hall–Kier alpha value is -3.84. The second-order valence-corrected chi connectivity index (χ2v) is 9.45. The van der Waals surface area contributed by atoms with E-state index in [1.165, 1.54) is 23.9 Å². The number of aliphatic hydroxyl groups excluding tert-OH is 1. The van der Waals surface area contributed by atoms with Crippen molar-refractivity contribution in [3.63, 3.8) is 0 Å². The number of halogens is 1. The van der Waals surface area contributed by atoms with Crippen molar-refractivity contribution in [2.24, 2.45) is 0 Å². The van der Waals surface area contributed by atoms with Gasteiger partial charge in [0.2, 0.25) is 0 Å². The monoisotopic (exact) mass is 520 g/mol. The number of piperidine rings is 1. The third kappa shape index (κ3) is 4.52. The Morgan fingerprint density at radius 1 is 1.32 bits per heavy atom. The van der Waals surface area contributed by atoms with Crippen molar-refractivity contribution >= 4 is 17.3 Å². The molecule has 6 rings (SSSR count). The van der Waals surface area contributed by atoms with E-state index < -0.39 is 23.9 Å². The van der Waals surface area contributed by atoms with E-state index >= 15 is 0 Å². The van der Waals surface area contributed by atoms with Gasteiger partial charge in [0.1, 0.15) is 17.7 Å². The molecule has 0 saturated carbocycles. The Morgan fingerprint density at radius 2 is 2.21 bits per heavy atom. The summed E-state index contributed by atoms with van der Waals surface area (Å²) in [6.07, 6.45) is 6.82. The van der Waals surface area contributed by atoms with Crippen LogP contribution in [0.25, 0.3) is 5.57 Å². The van der Waals surface area contributed by atoms with E-state index in [2.05, 4.69) is 26.6 Å². The lowest BCUT2D eigenvalue weighted by atomic mass is 9.97. The molecule has 0 aliphatic carbocycles. The number of nitrogens with zero attached hydrogens (tertiary/aromatic N) is 4. The molecule has 11 nitrogen and oxygen atoms in total. The summed E-state index contributed by atoms with van der Waals surface area (Å²) in [5.41, 5.74) is 13.8. The lowest BCUT2D eigenvalue weighted by Gasteiger charge is -2.37. The number of allylic oxidation sites excluding steroid dienone is 2. The Bertz CT molecular complexity index is 1330. The summed E-state index contributed by atoms with van der Waals surface area (Å²) in [7, 11) is 0. The molecular formula is C26H29FN8O3. The molecule has 2 aromatic rings. The van der Waals surface area contributed by atoms with Crippen molar-refractivity contribution < 1.29 is 19.0 Å². The number of ether oxygens (including phenoxy) is 1. The molecule has 1 amide bonds. The molecule has 6 heterocycles. The van der Waals surface area contributed by atoms with E-state index in [1.54, 1.807) is 0 Å². The maximum absolute atomic E-state index is 13.9. The van der Waals surface area contributed by atoms with Crippen molar-refractivity contribution in [2.75, 3.05) is 31.1 Å². The number of carbonyl (C=O) groups is 1. The van der Waals surface area contributed by atoms with Crippen LogP contribution >= 0.6 is 0 Å². The van der Waals surface area contributed by atoms with Crippen LogP contribution < -0.4 is 26.5 Å². The first-order valence-corrected chi connectivity index (χ1v) is 12.7. The van der Waals surface area contributed by atoms with E-state index in [9.17, 15) is 14.3 Å². The van der Waals surface area contributed by atoms with Gasteiger partial charge in [-0.3, -0.25) is 15.2 Å². The van der Waals surface area contributed by atoms with E-state index in [1.807, 2.05) is 47.4 Å². The normalized spacial score (nSPS) is 24.6. The number of hydrazine groups is 2. The summed E-state index contributed by atoms with van der Waals surface area (Å²) in [6, 6.07) is 6.05. The number of fused-ring (bicyclic) bond motifs is 2. The van der Waals surface area contributed by atoms with Crippen molar-refractivity contribution in [1.82, 2.24) is 36.6 Å². The smallest absolute Gasteiger partial charge is 0.273 e. The van der Waals surface area contributed by atoms with Gasteiger partial charge in [-0.05, 0) is 43.7 Å². The maximum atomic E-state index is 13.9. The van der Waals surface area contributed by atoms with Crippen LogP contribution in [0.4, 0.5) is 10.2 Å². The van der Waals surface area contributed by atoms with Gasteiger partial charge in [-0.25, -0.2) is 25.2 Å². The first kappa shape index (κ1) is 24.5. The van der Waals surface area contributed by atoms with Crippen LogP contribution in [0.1, 0.15) is 29.4 Å². The highest BCUT2D eigenvalue weighted by atomic mass is 19.1. The number of aromatic nitrogens is 2. The lowest BCUT2D eigenvalue weighted by Crippen LogP contribution is -2.54. The molecule has 2 aromatic heterocycles. The predicted molar refractivity (Wildman–Crippen MR) is 137 cm³/mol. The van der Waals surface area contributed by atoms with Crippen LogP contribution in [-0.2, 0) is 4.74 Å². The standard InChI is InChI=1S/C26H29FN8O3/c1-2-38-16-10-17(24-18-12-30-32-25(18)33-35(24)13-16)15-5-6-22(29-11-15)34-9-7-20(21(36)14-34)31-26(37)23-19(27)4-3-8-28-23/h3-6,8,10-11,13,20-21,25,30,32-33,36H,2,7,9,12,14H2,1H3,(H,31,37)/t20-,21+,25?/m0/s1. The zero-order valence-electron chi connectivity index (χ0n) is 20.8. The molecule has 38 heavy (non-hydrogen) atoms. The second kappa shape index (κ2) is 10.1. The summed E-state index contributed by atoms with van der Waals surface area (Å²) in [6.45, 7) is 4.10. The highest BCUT2D eigenvalue weighted by Crippen LogP contribution is 2.38. The van der Waals surface area contributed by atoms with Crippen molar-refractivity contribution in [2.45, 2.75) is 31.7 Å². The van der Waals surface area contributed by atoms with Crippen molar-refractivity contribution in [3.8, 4) is 0 Å². The lowest BCUT2D eigenvalue weighted by molar-refractivity contribution is 0.0789. The Balaban J connectivity index is 1.16. The Labute approximate surface area is 219 Å². The fraction of sp³-hybridized carbons (Fsp3) is 0.346. The quantitative estimate of drug-likeness (QED) is 0.373. The molecule has 2 saturated heterocycles. The largest absolute Gasteiger partial charge is 0.492 e. The fourth-order valence-electron chi connectivity index (χ4n) is 5.20. The van der Waals surface area contributed by atoms with Gasteiger partial charge >= 0.3 is 0 Å². The molecule has 2 fully saturated rings. The molecule has 12 heteroatoms. The van der Waals surface area contributed by atoms with Crippen LogP contribution in [0.15, 0.2) is 66.0 Å². The molecule has 198 valence electrons. The van der Waals surface area contributed by atoms with Gasteiger partial charge in [-0.15, -0.1) is 0 Å². The van der Waals surface area contributed by atoms with Gasteiger partial charge in [0.25, 0.3) is 5.91 Å². The van der Waals surface area contributed by atoms with E-state index in [0.29, 0.717) is 19.6 Å². The van der Waals surface area contributed by atoms with Crippen molar-refractivity contribution in [1.29, 1.82) is 0 Å². The Morgan fingerprint density at radius 3 is 2.97 bits per heavy atom. The highest BCUT2D eigenvalue weighted by Gasteiger charge is 2.37. The first-order chi connectivity index (χ1) is 18.5. The highest BCUT2D eigenvalue weighted by molar-refractivity contribution is 5.92. The van der Waals surface area contributed by atoms with Gasteiger partial charge in [-0.1, -0.05) is 0 Å². The van der Waals surface area contributed by atoms with Gasteiger partial charge < -0.3 is 20.1 Å². The molecule has 3 atom stereocenters. The van der Waals surface area contributed by atoms with Gasteiger partial charge in [0, 0.05) is 48.7 Å². The number of anilines is 1. The molecule has 1 unspecified atom stereocenters. The average Bonchev–Trinajstić information content (AvgIpc) is 3.51. The average molecular weight is 521 g/mol. The van der Waals surface area contributed by atoms with Gasteiger partial charge in [-0.2, -0.15) is 0 Å². The van der Waals surface area contributed by atoms with Crippen LogP contribution in [-0.4, -0.2) is 70.5 Å². The van der Waals surface area contributed by atoms with Gasteiger partial charge in [0.15, 0.2) is 11.5 Å². The summed E-state index contributed by atoms with van der Waals surface area (Å²) in [4.78, 5) is 22.9. The number of rotatable bonds is 6. The molecule has 0 spiro atoms. The number of hydrogen-bond donors (Lipinski definition) is 5. The molecule has 5 N–H and O–H groups in total. The molecule has 4 aliphatic heterocycles. The molecule has 4 aliphatic rings. The Kier molecular flexibility index (Phi) is 6.54. The number of nitrogens with one attached hydrogen (secondary N) is 4. The predicted octanol–water partition coefficient (Wildman–Crippen LogP) is 0.768. The van der Waals surface area contributed by atoms with Crippen LogP contribution in [0.3, 0.4) is 0 Å². The van der Waals surface area contributed by atoms with E-state index in [0.717, 1.165) is 35.0 Å². The van der Waals surface area contributed by atoms with Crippen LogP contribution in [0.5, 0.6) is 0 Å². The molecule has 0 aromatic carbocycles. The van der Waals surface area contributed by atoms with E-state index in [-0.39, 0.29) is 18.4 Å². The molecular weight excluding hydrogens is 491 g/mol. The summed E-state index contributed by atoms with van der Waals surface area (Å²) in [5, 5.41) is 15.4. The first-order valence-electron chi connectivity index (χ1n) is 12.7. The minimum Gasteiger partial charge on any atom is -0.492 e. The van der Waals surface area contributed by atoms with Gasteiger partial charge in [0.05, 0.1) is 30.6 Å². The molecule has 0 bridgehead atoms. The summed E-state index contributed by atoms with van der Waals surface area (Å²) in [5.74, 6) is 0.160. The number of amides is 1. The maximum Gasteiger partial charge on any atom is 0.273 e. The minimum atomic E-state index is -0.842. The fourth-order valence-corrected chi connectivity index (χ4v) is 5.20. The van der Waals surface area contributed by atoms with Crippen LogP contribution in [0, 0.1) is 5.82 Å². The van der Waals surface area contributed by atoms with E-state index in [4.69, 9.17) is 9.72 Å². The second-order valence-electron chi connectivity index (χ2n) is 9.45. The zero-order valence-corrected chi connectivity index (χ0v) is 20.8. The van der Waals surface area contributed by atoms with Crippen LogP contribution in [0.2, 0.25) is 0 Å². The number of carbonyl (C=O) groups excluding carboxylic acids is 1. The molecule has 0 radical (unpaired) electrons. The number of aliphatic hydroxyl groups is 1. The third-order valence-corrected chi connectivity index (χ3v) is 7.05. The third-order valence-electron chi connectivity index (χ3n) is 7.05. The number of β-amino-alcohol motifs (C(OH)–C–C–N with tert-alkyl or cyclic N) is 1. The summed E-state index contributed by atoms with van der Waals surface area (Å²) < 4.78 is 19.7. The number of hydrogen-bond acceptors (Lipinski definition) is 10. The minimum absolute atomic E-state index is 0.00954. The SMILES string of the molecule is CCOC1=CN2NC3NNCC3=C2C(c2ccc(N3CC[C@H](NC(=O)c4ncccc4F)[C@H](O)C3)nc2)=C1. The number of pyridine rings is 2.